The molecular formula is C17H16BrClN2O4. The van der Waals surface area contributed by atoms with E-state index in [1.807, 2.05) is 6.07 Å². The van der Waals surface area contributed by atoms with E-state index in [9.17, 15) is 9.59 Å². The highest BCUT2D eigenvalue weighted by Crippen LogP contribution is 2.27. The largest absolute Gasteiger partial charge is 0.482 e. The molecule has 2 aromatic carbocycles. The molecule has 1 unspecified atom stereocenters. The van der Waals surface area contributed by atoms with Crippen molar-refractivity contribution in [3.8, 4) is 11.5 Å². The molecule has 0 saturated heterocycles. The van der Waals surface area contributed by atoms with Gasteiger partial charge in [-0.05, 0) is 37.3 Å². The maximum Gasteiger partial charge on any atom is 0.279 e. The van der Waals surface area contributed by atoms with Crippen LogP contribution in [0.1, 0.15) is 6.92 Å². The summed E-state index contributed by atoms with van der Waals surface area (Å²) in [4.78, 5) is 23.6. The van der Waals surface area contributed by atoms with Gasteiger partial charge in [-0.1, -0.05) is 45.7 Å². The fourth-order valence-corrected chi connectivity index (χ4v) is 2.49. The van der Waals surface area contributed by atoms with Gasteiger partial charge >= 0.3 is 0 Å². The molecule has 6 nitrogen and oxygen atoms in total. The third kappa shape index (κ3) is 6.28. The molecule has 0 heterocycles. The number of hydrogen-bond donors (Lipinski definition) is 2. The van der Waals surface area contributed by atoms with Gasteiger partial charge in [0, 0.05) is 4.47 Å². The van der Waals surface area contributed by atoms with E-state index < -0.39 is 17.9 Å². The van der Waals surface area contributed by atoms with Crippen molar-refractivity contribution in [3.05, 3.63) is 58.0 Å². The van der Waals surface area contributed by atoms with Crippen molar-refractivity contribution in [2.45, 2.75) is 13.0 Å². The molecule has 2 N–H and O–H groups in total. The maximum atomic E-state index is 11.9. The summed E-state index contributed by atoms with van der Waals surface area (Å²) in [5, 5.41) is 0.371. The number of hydrogen-bond acceptors (Lipinski definition) is 4. The number of amides is 2. The average Bonchev–Trinajstić information content (AvgIpc) is 2.59. The molecule has 2 amide bonds. The zero-order valence-corrected chi connectivity index (χ0v) is 15.6. The van der Waals surface area contributed by atoms with Crippen LogP contribution in [0.3, 0.4) is 0 Å². The number of halogens is 2. The molecule has 0 aliphatic heterocycles. The Morgan fingerprint density at radius 1 is 1.16 bits per heavy atom. The van der Waals surface area contributed by atoms with Gasteiger partial charge in [-0.2, -0.15) is 0 Å². The summed E-state index contributed by atoms with van der Waals surface area (Å²) in [6.45, 7) is 1.28. The van der Waals surface area contributed by atoms with Gasteiger partial charge in [-0.15, -0.1) is 0 Å². The van der Waals surface area contributed by atoms with Crippen LogP contribution in [0, 0.1) is 0 Å². The van der Waals surface area contributed by atoms with Crippen molar-refractivity contribution in [1.29, 1.82) is 0 Å². The highest BCUT2D eigenvalue weighted by molar-refractivity contribution is 9.10. The lowest BCUT2D eigenvalue weighted by Crippen LogP contribution is -2.48. The van der Waals surface area contributed by atoms with Crippen molar-refractivity contribution in [2.75, 3.05) is 6.61 Å². The number of ether oxygens (including phenoxy) is 2. The minimum absolute atomic E-state index is 0.296. The molecule has 8 heteroatoms. The van der Waals surface area contributed by atoms with Crippen molar-refractivity contribution in [3.63, 3.8) is 0 Å². The standard InChI is InChI=1S/C17H16BrClN2O4/c1-11(25-13-5-3-2-4-6-13)17(23)21-20-16(22)10-24-15-8-7-12(18)9-14(15)19/h2-9,11H,10H2,1H3,(H,20,22)(H,21,23). The van der Waals surface area contributed by atoms with Gasteiger partial charge in [0.1, 0.15) is 11.5 Å². The van der Waals surface area contributed by atoms with E-state index in [1.54, 1.807) is 49.4 Å². The predicted octanol–water partition coefficient (Wildman–Crippen LogP) is 3.10. The van der Waals surface area contributed by atoms with E-state index in [0.29, 0.717) is 16.5 Å². The van der Waals surface area contributed by atoms with Crippen LogP contribution in [-0.4, -0.2) is 24.5 Å². The zero-order valence-electron chi connectivity index (χ0n) is 13.3. The third-order valence-corrected chi connectivity index (χ3v) is 3.79. The number of para-hydroxylation sites is 1. The molecule has 0 aromatic heterocycles. The van der Waals surface area contributed by atoms with E-state index in [0.717, 1.165) is 4.47 Å². The van der Waals surface area contributed by atoms with E-state index >= 15 is 0 Å². The Morgan fingerprint density at radius 2 is 1.88 bits per heavy atom. The van der Waals surface area contributed by atoms with Gasteiger partial charge < -0.3 is 9.47 Å². The Bertz CT molecular complexity index is 743. The Hall–Kier alpha value is -2.25. The number of rotatable bonds is 6. The lowest BCUT2D eigenvalue weighted by Gasteiger charge is -2.15. The van der Waals surface area contributed by atoms with Crippen molar-refractivity contribution >= 4 is 39.3 Å². The first-order chi connectivity index (χ1) is 12.0. The van der Waals surface area contributed by atoms with Crippen LogP contribution in [0.2, 0.25) is 5.02 Å². The minimum atomic E-state index is -0.774. The number of carbonyl (C=O) groups is 2. The van der Waals surface area contributed by atoms with E-state index in [-0.39, 0.29) is 6.61 Å². The summed E-state index contributed by atoms with van der Waals surface area (Å²) < 4.78 is 11.5. The number of hydrazine groups is 1. The Kier molecular flexibility index (Phi) is 7.09. The molecular weight excluding hydrogens is 412 g/mol. The minimum Gasteiger partial charge on any atom is -0.482 e. The van der Waals surface area contributed by atoms with Gasteiger partial charge in [-0.3, -0.25) is 20.4 Å². The van der Waals surface area contributed by atoms with E-state index in [2.05, 4.69) is 26.8 Å². The summed E-state index contributed by atoms with van der Waals surface area (Å²) in [5.74, 6) is -0.0880. The summed E-state index contributed by atoms with van der Waals surface area (Å²) in [7, 11) is 0. The fourth-order valence-electron chi connectivity index (χ4n) is 1.76. The van der Waals surface area contributed by atoms with Gasteiger partial charge in [0.05, 0.1) is 5.02 Å². The van der Waals surface area contributed by atoms with Gasteiger partial charge in [0.25, 0.3) is 11.8 Å². The van der Waals surface area contributed by atoms with E-state index in [1.165, 1.54) is 0 Å². The van der Waals surface area contributed by atoms with Crippen molar-refractivity contribution in [1.82, 2.24) is 10.9 Å². The molecule has 0 bridgehead atoms. The normalized spacial score (nSPS) is 11.3. The first kappa shape index (κ1) is 19.1. The lowest BCUT2D eigenvalue weighted by molar-refractivity contribution is -0.133. The number of benzene rings is 2. The zero-order chi connectivity index (χ0) is 18.2. The van der Waals surface area contributed by atoms with Crippen LogP contribution in [0.25, 0.3) is 0 Å². The van der Waals surface area contributed by atoms with Crippen LogP contribution < -0.4 is 20.3 Å². The average molecular weight is 428 g/mol. The number of nitrogens with one attached hydrogen (secondary N) is 2. The summed E-state index contributed by atoms with van der Waals surface area (Å²) >= 11 is 9.26. The van der Waals surface area contributed by atoms with Crippen molar-refractivity contribution < 1.29 is 19.1 Å². The lowest BCUT2D eigenvalue weighted by atomic mass is 10.3. The summed E-state index contributed by atoms with van der Waals surface area (Å²) in [5.41, 5.74) is 4.53. The first-order valence-corrected chi connectivity index (χ1v) is 8.51. The second-order valence-electron chi connectivity index (χ2n) is 4.97. The fraction of sp³-hybridized carbons (Fsp3) is 0.176. The monoisotopic (exact) mass is 426 g/mol. The molecule has 1 atom stereocenters. The summed E-state index contributed by atoms with van der Waals surface area (Å²) in [6.07, 6.45) is -0.774. The Labute approximate surface area is 158 Å². The molecule has 0 radical (unpaired) electrons. The van der Waals surface area contributed by atoms with E-state index in [4.69, 9.17) is 21.1 Å². The maximum absolute atomic E-state index is 11.9. The molecule has 0 fully saturated rings. The molecule has 2 aromatic rings. The summed E-state index contributed by atoms with van der Waals surface area (Å²) in [6, 6.07) is 13.9. The molecule has 0 saturated carbocycles. The highest BCUT2D eigenvalue weighted by Gasteiger charge is 2.15. The SMILES string of the molecule is CC(Oc1ccccc1)C(=O)NNC(=O)COc1ccc(Br)cc1Cl. The third-order valence-electron chi connectivity index (χ3n) is 3.00. The molecule has 0 spiro atoms. The van der Waals surface area contributed by atoms with Crippen LogP contribution >= 0.6 is 27.5 Å². The topological polar surface area (TPSA) is 76.7 Å². The van der Waals surface area contributed by atoms with Crippen molar-refractivity contribution in [2.24, 2.45) is 0 Å². The second-order valence-corrected chi connectivity index (χ2v) is 6.30. The predicted molar refractivity (Wildman–Crippen MR) is 97.5 cm³/mol. The van der Waals surface area contributed by atoms with Crippen LogP contribution in [-0.2, 0) is 9.59 Å². The first-order valence-electron chi connectivity index (χ1n) is 7.34. The van der Waals surface area contributed by atoms with Gasteiger partial charge in [0.15, 0.2) is 12.7 Å². The molecule has 132 valence electrons. The molecule has 0 aliphatic rings. The number of carbonyl (C=O) groups excluding carboxylic acids is 2. The Morgan fingerprint density at radius 3 is 2.56 bits per heavy atom. The quantitative estimate of drug-likeness (QED) is 0.695. The highest BCUT2D eigenvalue weighted by atomic mass is 79.9. The smallest absolute Gasteiger partial charge is 0.279 e. The van der Waals surface area contributed by atoms with Gasteiger partial charge in [-0.25, -0.2) is 0 Å². The second kappa shape index (κ2) is 9.29. The molecule has 25 heavy (non-hydrogen) atoms. The van der Waals surface area contributed by atoms with Crippen LogP contribution in [0.15, 0.2) is 53.0 Å². The molecule has 2 rings (SSSR count). The van der Waals surface area contributed by atoms with Gasteiger partial charge in [0.2, 0.25) is 0 Å². The van der Waals surface area contributed by atoms with Crippen LogP contribution in [0.4, 0.5) is 0 Å². The van der Waals surface area contributed by atoms with Crippen LogP contribution in [0.5, 0.6) is 11.5 Å². The Balaban J connectivity index is 1.74. The molecule has 0 aliphatic carbocycles.